The lowest BCUT2D eigenvalue weighted by atomic mass is 10.0. The number of imidazole rings is 1. The molecule has 5 rings (SSSR count). The lowest BCUT2D eigenvalue weighted by molar-refractivity contribution is -0.137. The van der Waals surface area contributed by atoms with Crippen molar-refractivity contribution in [2.75, 3.05) is 52.0 Å². The Balaban J connectivity index is 1.35. The highest BCUT2D eigenvalue weighted by atomic mass is 35.5. The van der Waals surface area contributed by atoms with Gasteiger partial charge in [-0.25, -0.2) is 9.97 Å². The average molecular weight is 570 g/mol. The van der Waals surface area contributed by atoms with Gasteiger partial charge in [0.25, 0.3) is 0 Å². The van der Waals surface area contributed by atoms with Crippen molar-refractivity contribution in [3.63, 3.8) is 0 Å². The van der Waals surface area contributed by atoms with Crippen molar-refractivity contribution >= 4 is 29.2 Å². The minimum Gasteiger partial charge on any atom is -0.497 e. The molecule has 1 aromatic carbocycles. The summed E-state index contributed by atoms with van der Waals surface area (Å²) in [6.45, 7) is 2.63. The fourth-order valence-electron chi connectivity index (χ4n) is 5.05. The zero-order valence-corrected chi connectivity index (χ0v) is 23.2. The molecule has 2 aliphatic heterocycles. The van der Waals surface area contributed by atoms with Crippen molar-refractivity contribution in [2.45, 2.75) is 25.4 Å². The summed E-state index contributed by atoms with van der Waals surface area (Å²) >= 11 is 6.38. The van der Waals surface area contributed by atoms with E-state index in [4.69, 9.17) is 30.8 Å². The first-order chi connectivity index (χ1) is 19.4. The van der Waals surface area contributed by atoms with Crippen LogP contribution >= 0.6 is 11.6 Å². The number of carbonyl (C=O) groups excluding carboxylic acids is 2. The van der Waals surface area contributed by atoms with E-state index in [1.165, 1.54) is 0 Å². The van der Waals surface area contributed by atoms with Gasteiger partial charge >= 0.3 is 0 Å². The minimum absolute atomic E-state index is 0.0588. The maximum Gasteiger partial charge on any atom is 0.238 e. The van der Waals surface area contributed by atoms with Crippen LogP contribution in [0.2, 0.25) is 5.15 Å². The van der Waals surface area contributed by atoms with Gasteiger partial charge in [-0.2, -0.15) is 4.98 Å². The van der Waals surface area contributed by atoms with Crippen LogP contribution in [0.25, 0.3) is 5.95 Å². The Kier molecular flexibility index (Phi) is 8.66. The Morgan fingerprint density at radius 1 is 1.18 bits per heavy atom. The molecule has 4 heterocycles. The third-order valence-corrected chi connectivity index (χ3v) is 7.35. The highest BCUT2D eigenvalue weighted by molar-refractivity contribution is 6.29. The van der Waals surface area contributed by atoms with Gasteiger partial charge in [-0.1, -0.05) is 11.6 Å². The van der Waals surface area contributed by atoms with Crippen LogP contribution in [0.4, 0.5) is 5.82 Å². The number of carbonyl (C=O) groups is 2. The normalized spacial score (nSPS) is 19.0. The lowest BCUT2D eigenvalue weighted by Gasteiger charge is -2.42. The Labute approximate surface area is 237 Å². The quantitative estimate of drug-likeness (QED) is 0.386. The minimum atomic E-state index is -0.339. The molecule has 212 valence electrons. The van der Waals surface area contributed by atoms with Gasteiger partial charge in [-0.15, -0.1) is 0 Å². The summed E-state index contributed by atoms with van der Waals surface area (Å²) in [6, 6.07) is 6.77. The van der Waals surface area contributed by atoms with Gasteiger partial charge in [-0.05, 0) is 24.6 Å². The molecule has 0 radical (unpaired) electrons. The number of aromatic nitrogens is 4. The van der Waals surface area contributed by atoms with Crippen LogP contribution < -0.4 is 19.7 Å². The Morgan fingerprint density at radius 3 is 2.77 bits per heavy atom. The summed E-state index contributed by atoms with van der Waals surface area (Å²) in [4.78, 5) is 43.4. The summed E-state index contributed by atoms with van der Waals surface area (Å²) in [5.41, 5.74) is 0.793. The predicted molar refractivity (Wildman–Crippen MR) is 147 cm³/mol. The van der Waals surface area contributed by atoms with Crippen LogP contribution in [-0.2, 0) is 20.9 Å². The zero-order chi connectivity index (χ0) is 28.1. The average Bonchev–Trinajstić information content (AvgIpc) is 3.70. The molecule has 0 saturated carbocycles. The van der Waals surface area contributed by atoms with Crippen molar-refractivity contribution in [2.24, 2.45) is 5.92 Å². The van der Waals surface area contributed by atoms with Crippen molar-refractivity contribution < 1.29 is 23.8 Å². The molecule has 2 aromatic heterocycles. The number of halogens is 1. The Hall–Kier alpha value is -3.90. The van der Waals surface area contributed by atoms with E-state index in [0.29, 0.717) is 62.5 Å². The largest absolute Gasteiger partial charge is 0.497 e. The lowest BCUT2D eigenvalue weighted by Crippen LogP contribution is -2.57. The summed E-state index contributed by atoms with van der Waals surface area (Å²) < 4.78 is 17.9. The smallest absolute Gasteiger partial charge is 0.238 e. The number of amides is 2. The monoisotopic (exact) mass is 569 g/mol. The SMILES string of the molecule is COc1ccc(OC)c(CNC(=O)CC2CN(C(=O)C3CCOC3)CCN2c2cc(Cl)nc(-n3ccnc3)n2)c1. The van der Waals surface area contributed by atoms with Crippen LogP contribution in [0, 0.1) is 5.92 Å². The highest BCUT2D eigenvalue weighted by Gasteiger charge is 2.36. The molecule has 1 N–H and O–H groups in total. The molecule has 2 aliphatic rings. The molecule has 2 amide bonds. The van der Waals surface area contributed by atoms with Crippen LogP contribution in [0.3, 0.4) is 0 Å². The number of hydrogen-bond donors (Lipinski definition) is 1. The summed E-state index contributed by atoms with van der Waals surface area (Å²) in [7, 11) is 3.17. The first kappa shape index (κ1) is 27.7. The Morgan fingerprint density at radius 2 is 2.05 bits per heavy atom. The van der Waals surface area contributed by atoms with Gasteiger partial charge in [0.15, 0.2) is 0 Å². The van der Waals surface area contributed by atoms with Crippen LogP contribution in [0.1, 0.15) is 18.4 Å². The van der Waals surface area contributed by atoms with E-state index in [1.807, 2.05) is 15.9 Å². The summed E-state index contributed by atoms with van der Waals surface area (Å²) in [5.74, 6) is 2.00. The number of anilines is 1. The van der Waals surface area contributed by atoms with E-state index in [1.54, 1.807) is 55.7 Å². The zero-order valence-electron chi connectivity index (χ0n) is 22.5. The van der Waals surface area contributed by atoms with E-state index >= 15 is 0 Å². The molecule has 2 atom stereocenters. The van der Waals surface area contributed by atoms with Gasteiger partial charge in [0.2, 0.25) is 17.8 Å². The second-order valence-corrected chi connectivity index (χ2v) is 10.1. The van der Waals surface area contributed by atoms with Crippen LogP contribution in [-0.4, -0.2) is 89.3 Å². The van der Waals surface area contributed by atoms with E-state index in [2.05, 4.69) is 15.3 Å². The van der Waals surface area contributed by atoms with E-state index < -0.39 is 0 Å². The van der Waals surface area contributed by atoms with Gasteiger partial charge < -0.3 is 29.3 Å². The molecular weight excluding hydrogens is 538 g/mol. The van der Waals surface area contributed by atoms with Crippen molar-refractivity contribution in [1.82, 2.24) is 29.7 Å². The van der Waals surface area contributed by atoms with Gasteiger partial charge in [-0.3, -0.25) is 14.2 Å². The predicted octanol–water partition coefficient (Wildman–Crippen LogP) is 2.09. The molecule has 0 bridgehead atoms. The number of hydrogen-bond acceptors (Lipinski definition) is 9. The standard InChI is InChI=1S/C27H32ClN7O5/c1-38-21-3-4-22(39-2)19(11-21)14-30-25(36)12-20-15-33(26(37)18-5-10-40-16-18)8-9-35(20)24-13-23(28)31-27(32-24)34-7-6-29-17-34/h3-4,6-7,11,13,17-18,20H,5,8-10,12,14-16H2,1-2H3,(H,30,36). The van der Waals surface area contributed by atoms with E-state index in [9.17, 15) is 9.59 Å². The molecule has 0 aliphatic carbocycles. The van der Waals surface area contributed by atoms with Crippen molar-refractivity contribution in [1.29, 1.82) is 0 Å². The highest BCUT2D eigenvalue weighted by Crippen LogP contribution is 2.27. The molecule has 0 spiro atoms. The fourth-order valence-corrected chi connectivity index (χ4v) is 5.23. The number of nitrogens with zero attached hydrogens (tertiary/aromatic N) is 6. The third-order valence-electron chi connectivity index (χ3n) is 7.16. The van der Waals surface area contributed by atoms with Gasteiger partial charge in [0, 0.05) is 63.2 Å². The maximum atomic E-state index is 13.3. The molecule has 13 heteroatoms. The molecular formula is C27H32ClN7O5. The van der Waals surface area contributed by atoms with E-state index in [0.717, 1.165) is 5.56 Å². The topological polar surface area (TPSA) is 124 Å². The molecule has 40 heavy (non-hydrogen) atoms. The van der Waals surface area contributed by atoms with Crippen molar-refractivity contribution in [3.8, 4) is 17.4 Å². The van der Waals surface area contributed by atoms with Gasteiger partial charge in [0.05, 0.1) is 32.8 Å². The Bertz CT molecular complexity index is 1330. The summed E-state index contributed by atoms with van der Waals surface area (Å²) in [6.07, 6.45) is 5.80. The first-order valence-electron chi connectivity index (χ1n) is 13.1. The number of ether oxygens (including phenoxy) is 3. The molecule has 2 saturated heterocycles. The molecule has 2 unspecified atom stereocenters. The second-order valence-electron chi connectivity index (χ2n) is 9.67. The van der Waals surface area contributed by atoms with Crippen LogP contribution in [0.5, 0.6) is 11.5 Å². The number of benzene rings is 1. The van der Waals surface area contributed by atoms with Crippen LogP contribution in [0.15, 0.2) is 43.0 Å². The van der Waals surface area contributed by atoms with Gasteiger partial charge in [0.1, 0.15) is 28.8 Å². The number of rotatable bonds is 9. The molecule has 12 nitrogen and oxygen atoms in total. The third kappa shape index (κ3) is 6.28. The molecule has 3 aromatic rings. The fraction of sp³-hybridized carbons (Fsp3) is 0.444. The summed E-state index contributed by atoms with van der Waals surface area (Å²) in [5, 5.41) is 3.26. The number of nitrogens with one attached hydrogen (secondary N) is 1. The first-order valence-corrected chi connectivity index (χ1v) is 13.5. The number of methoxy groups -OCH3 is 2. The maximum absolute atomic E-state index is 13.3. The number of piperazine rings is 1. The molecule has 2 fully saturated rings. The van der Waals surface area contributed by atoms with E-state index in [-0.39, 0.29) is 41.9 Å². The second kappa shape index (κ2) is 12.5. The van der Waals surface area contributed by atoms with Crippen molar-refractivity contribution in [3.05, 3.63) is 53.7 Å².